The van der Waals surface area contributed by atoms with Crippen molar-refractivity contribution in [3.8, 4) is 11.6 Å². The van der Waals surface area contributed by atoms with Gasteiger partial charge in [0.05, 0.1) is 0 Å². The molecule has 0 spiro atoms. The largest absolute Gasteiger partial charge is 0.484 e. The highest BCUT2D eigenvalue weighted by Gasteiger charge is 2.12. The van der Waals surface area contributed by atoms with Gasteiger partial charge >= 0.3 is 0 Å². The number of imidazole rings is 1. The van der Waals surface area contributed by atoms with Gasteiger partial charge in [-0.2, -0.15) is 9.50 Å². The van der Waals surface area contributed by atoms with Gasteiger partial charge in [-0.15, -0.1) is 5.10 Å². The van der Waals surface area contributed by atoms with Crippen molar-refractivity contribution in [2.24, 2.45) is 0 Å². The highest BCUT2D eigenvalue weighted by atomic mass is 16.5. The number of ether oxygens (including phenoxy) is 1. The van der Waals surface area contributed by atoms with E-state index in [0.717, 1.165) is 11.6 Å². The third-order valence-electron chi connectivity index (χ3n) is 3.78. The predicted octanol–water partition coefficient (Wildman–Crippen LogP) is 2.24. The molecule has 0 aliphatic rings. The number of amides is 1. The van der Waals surface area contributed by atoms with E-state index in [4.69, 9.17) is 4.74 Å². The quantitative estimate of drug-likeness (QED) is 0.598. The molecule has 4 rings (SSSR count). The second-order valence-corrected chi connectivity index (χ2v) is 5.58. The Kier molecular flexibility index (Phi) is 4.06. The summed E-state index contributed by atoms with van der Waals surface area (Å²) in [7, 11) is 0. The van der Waals surface area contributed by atoms with Crippen molar-refractivity contribution in [2.75, 3.05) is 11.9 Å². The number of carbonyl (C=O) groups is 1. The van der Waals surface area contributed by atoms with E-state index in [9.17, 15) is 4.79 Å². The molecule has 8 heteroatoms. The standard InChI is InChI=1S/C18H16N6O2/c1-13-19-10-11-23(13)17-9-5-8-15-20-18(22-24(15)17)21-16(25)12-26-14-6-3-2-4-7-14/h2-11H,12H2,1H3,(H,21,22,25). The van der Waals surface area contributed by atoms with E-state index >= 15 is 0 Å². The molecule has 0 aliphatic carbocycles. The smallest absolute Gasteiger partial charge is 0.264 e. The number of hydrogen-bond donors (Lipinski definition) is 1. The maximum atomic E-state index is 12.1. The summed E-state index contributed by atoms with van der Waals surface area (Å²) < 4.78 is 8.98. The summed E-state index contributed by atoms with van der Waals surface area (Å²) in [6, 6.07) is 14.7. The van der Waals surface area contributed by atoms with E-state index in [-0.39, 0.29) is 18.5 Å². The van der Waals surface area contributed by atoms with Gasteiger partial charge in [0.2, 0.25) is 5.95 Å². The van der Waals surface area contributed by atoms with Gasteiger partial charge in [0.25, 0.3) is 5.91 Å². The van der Waals surface area contributed by atoms with E-state index in [1.54, 1.807) is 22.8 Å². The first-order chi connectivity index (χ1) is 12.7. The number of rotatable bonds is 5. The number of fused-ring (bicyclic) bond motifs is 1. The molecular formula is C18H16N6O2. The molecule has 3 heterocycles. The number of anilines is 1. The molecule has 1 N–H and O–H groups in total. The van der Waals surface area contributed by atoms with Crippen LogP contribution in [0.3, 0.4) is 0 Å². The molecule has 4 aromatic rings. The zero-order chi connectivity index (χ0) is 17.9. The summed E-state index contributed by atoms with van der Waals surface area (Å²) in [5.41, 5.74) is 0.620. The number of pyridine rings is 1. The van der Waals surface area contributed by atoms with Gasteiger partial charge in [-0.3, -0.25) is 14.7 Å². The summed E-state index contributed by atoms with van der Waals surface area (Å²) in [5, 5.41) is 7.03. The Bertz CT molecular complexity index is 1050. The van der Waals surface area contributed by atoms with E-state index in [1.165, 1.54) is 0 Å². The van der Waals surface area contributed by atoms with Crippen molar-refractivity contribution in [3.05, 3.63) is 66.7 Å². The molecule has 0 radical (unpaired) electrons. The van der Waals surface area contributed by atoms with Crippen LogP contribution in [-0.2, 0) is 4.79 Å². The Balaban J connectivity index is 1.53. The lowest BCUT2D eigenvalue weighted by Gasteiger charge is -2.06. The molecule has 1 amide bonds. The lowest BCUT2D eigenvalue weighted by molar-refractivity contribution is -0.118. The Morgan fingerprint density at radius 2 is 2.00 bits per heavy atom. The van der Waals surface area contributed by atoms with Crippen LogP contribution in [0.5, 0.6) is 5.75 Å². The van der Waals surface area contributed by atoms with E-state index in [0.29, 0.717) is 11.4 Å². The second-order valence-electron chi connectivity index (χ2n) is 5.58. The third-order valence-corrected chi connectivity index (χ3v) is 3.78. The van der Waals surface area contributed by atoms with Crippen LogP contribution in [0, 0.1) is 6.92 Å². The molecule has 26 heavy (non-hydrogen) atoms. The van der Waals surface area contributed by atoms with E-state index < -0.39 is 0 Å². The van der Waals surface area contributed by atoms with Crippen molar-refractivity contribution in [1.29, 1.82) is 0 Å². The van der Waals surface area contributed by atoms with E-state index in [2.05, 4.69) is 20.4 Å². The van der Waals surface area contributed by atoms with Crippen LogP contribution >= 0.6 is 0 Å². The van der Waals surface area contributed by atoms with Crippen molar-refractivity contribution < 1.29 is 9.53 Å². The van der Waals surface area contributed by atoms with Crippen molar-refractivity contribution in [2.45, 2.75) is 6.92 Å². The molecule has 0 atom stereocenters. The fraction of sp³-hybridized carbons (Fsp3) is 0.111. The van der Waals surface area contributed by atoms with Crippen molar-refractivity contribution in [3.63, 3.8) is 0 Å². The lowest BCUT2D eigenvalue weighted by Crippen LogP contribution is -2.21. The van der Waals surface area contributed by atoms with Crippen LogP contribution in [0.1, 0.15) is 5.82 Å². The second kappa shape index (κ2) is 6.67. The summed E-state index contributed by atoms with van der Waals surface area (Å²) in [6.45, 7) is 1.78. The number of para-hydroxylation sites is 1. The Morgan fingerprint density at radius 3 is 2.77 bits per heavy atom. The number of carbonyl (C=O) groups excluding carboxylic acids is 1. The fourth-order valence-electron chi connectivity index (χ4n) is 2.57. The minimum absolute atomic E-state index is 0.118. The summed E-state index contributed by atoms with van der Waals surface area (Å²) in [4.78, 5) is 20.7. The SMILES string of the molecule is Cc1nccn1-c1cccc2nc(NC(=O)COc3ccccc3)nn12. The Hall–Kier alpha value is -3.68. The lowest BCUT2D eigenvalue weighted by atomic mass is 10.3. The molecular weight excluding hydrogens is 332 g/mol. The van der Waals surface area contributed by atoms with Gasteiger partial charge in [-0.05, 0) is 31.2 Å². The molecule has 0 saturated carbocycles. The van der Waals surface area contributed by atoms with Gasteiger partial charge in [0, 0.05) is 12.4 Å². The van der Waals surface area contributed by atoms with Crippen LogP contribution in [-0.4, -0.2) is 36.7 Å². The Morgan fingerprint density at radius 1 is 1.15 bits per heavy atom. The first-order valence-electron chi connectivity index (χ1n) is 8.04. The van der Waals surface area contributed by atoms with Crippen LogP contribution in [0.25, 0.3) is 11.5 Å². The molecule has 0 fully saturated rings. The van der Waals surface area contributed by atoms with Gasteiger partial charge < -0.3 is 4.74 Å². The van der Waals surface area contributed by atoms with Gasteiger partial charge in [0.15, 0.2) is 12.3 Å². The van der Waals surface area contributed by atoms with Crippen LogP contribution in [0.2, 0.25) is 0 Å². The van der Waals surface area contributed by atoms with Gasteiger partial charge in [0.1, 0.15) is 17.4 Å². The highest BCUT2D eigenvalue weighted by Crippen LogP contribution is 2.14. The summed E-state index contributed by atoms with van der Waals surface area (Å²) in [6.07, 6.45) is 3.56. The molecule has 8 nitrogen and oxygen atoms in total. The monoisotopic (exact) mass is 348 g/mol. The number of benzene rings is 1. The number of hydrogen-bond acceptors (Lipinski definition) is 5. The summed E-state index contributed by atoms with van der Waals surface area (Å²) >= 11 is 0. The first kappa shape index (κ1) is 15.8. The van der Waals surface area contributed by atoms with Crippen LogP contribution < -0.4 is 10.1 Å². The molecule has 0 saturated heterocycles. The number of aromatic nitrogens is 5. The average Bonchev–Trinajstić information content (AvgIpc) is 3.26. The minimum Gasteiger partial charge on any atom is -0.484 e. The fourth-order valence-corrected chi connectivity index (χ4v) is 2.57. The maximum absolute atomic E-state index is 12.1. The van der Waals surface area contributed by atoms with Crippen LogP contribution in [0.4, 0.5) is 5.95 Å². The zero-order valence-electron chi connectivity index (χ0n) is 14.0. The molecule has 130 valence electrons. The first-order valence-corrected chi connectivity index (χ1v) is 8.04. The number of aryl methyl sites for hydroxylation is 1. The highest BCUT2D eigenvalue weighted by molar-refractivity contribution is 5.90. The Labute approximate surface area is 149 Å². The topological polar surface area (TPSA) is 86.3 Å². The maximum Gasteiger partial charge on any atom is 0.264 e. The minimum atomic E-state index is -0.329. The third kappa shape index (κ3) is 3.12. The molecule has 3 aromatic heterocycles. The molecule has 0 bridgehead atoms. The number of nitrogens with zero attached hydrogens (tertiary/aromatic N) is 5. The van der Waals surface area contributed by atoms with Gasteiger partial charge in [-0.25, -0.2) is 4.98 Å². The molecule has 0 aliphatic heterocycles. The average molecular weight is 348 g/mol. The zero-order valence-corrected chi connectivity index (χ0v) is 14.0. The van der Waals surface area contributed by atoms with Crippen molar-refractivity contribution in [1.82, 2.24) is 24.1 Å². The molecule has 1 aromatic carbocycles. The van der Waals surface area contributed by atoms with E-state index in [1.807, 2.05) is 54.1 Å². The number of nitrogens with one attached hydrogen (secondary N) is 1. The van der Waals surface area contributed by atoms with Gasteiger partial charge in [-0.1, -0.05) is 24.3 Å². The summed E-state index contributed by atoms with van der Waals surface area (Å²) in [5.74, 6) is 2.13. The molecule has 0 unspecified atom stereocenters. The van der Waals surface area contributed by atoms with Crippen LogP contribution in [0.15, 0.2) is 60.9 Å². The normalized spacial score (nSPS) is 10.8. The van der Waals surface area contributed by atoms with Crippen molar-refractivity contribution >= 4 is 17.5 Å². The predicted molar refractivity (Wildman–Crippen MR) is 95.4 cm³/mol.